The zero-order valence-corrected chi connectivity index (χ0v) is 14.1. The van der Waals surface area contributed by atoms with Gasteiger partial charge >= 0.3 is 7.60 Å². The molecule has 0 spiro atoms. The second kappa shape index (κ2) is 9.70. The molecule has 0 saturated heterocycles. The average molecular weight is 306 g/mol. The van der Waals surface area contributed by atoms with E-state index < -0.39 is 19.2 Å². The Kier molecular flexibility index (Phi) is 9.61. The lowest BCUT2D eigenvalue weighted by atomic mass is 9.74. The van der Waals surface area contributed by atoms with Gasteiger partial charge in [-0.3, -0.25) is 9.36 Å². The van der Waals surface area contributed by atoms with E-state index in [2.05, 4.69) is 6.92 Å². The van der Waals surface area contributed by atoms with Gasteiger partial charge in [0, 0.05) is 5.41 Å². The van der Waals surface area contributed by atoms with Crippen molar-refractivity contribution in [3.8, 4) is 0 Å². The maximum absolute atomic E-state index is 12.2. The van der Waals surface area contributed by atoms with E-state index in [-0.39, 0.29) is 5.78 Å². The van der Waals surface area contributed by atoms with E-state index in [1.165, 1.54) is 25.7 Å². The van der Waals surface area contributed by atoms with E-state index in [9.17, 15) is 9.36 Å². The standard InChI is InChI=1S/C15H31O4P/c1-4-7-8-9-10-11-12-15(5-2,6-3)14(16)13-20(17,18)19/h4-13H2,1-3H3,(H2,17,18,19). The molecule has 20 heavy (non-hydrogen) atoms. The summed E-state index contributed by atoms with van der Waals surface area (Å²) in [5.74, 6) is -0.260. The quantitative estimate of drug-likeness (QED) is 0.416. The highest BCUT2D eigenvalue weighted by molar-refractivity contribution is 7.52. The molecule has 0 bridgehead atoms. The summed E-state index contributed by atoms with van der Waals surface area (Å²) in [7, 11) is -4.25. The summed E-state index contributed by atoms with van der Waals surface area (Å²) in [5.41, 5.74) is -0.536. The van der Waals surface area contributed by atoms with Gasteiger partial charge in [0.25, 0.3) is 0 Å². The summed E-state index contributed by atoms with van der Waals surface area (Å²) < 4.78 is 11.0. The lowest BCUT2D eigenvalue weighted by Gasteiger charge is -2.30. The van der Waals surface area contributed by atoms with Gasteiger partial charge in [0.1, 0.15) is 6.16 Å². The summed E-state index contributed by atoms with van der Waals surface area (Å²) in [6, 6.07) is 0. The fourth-order valence-electron chi connectivity index (χ4n) is 2.74. The minimum atomic E-state index is -4.25. The van der Waals surface area contributed by atoms with Gasteiger partial charge in [-0.15, -0.1) is 0 Å². The fourth-order valence-corrected chi connectivity index (χ4v) is 3.45. The molecular formula is C15H31O4P. The number of unbranched alkanes of at least 4 members (excludes halogenated alkanes) is 5. The van der Waals surface area contributed by atoms with Gasteiger partial charge in [-0.25, -0.2) is 0 Å². The van der Waals surface area contributed by atoms with Crippen LogP contribution in [0.1, 0.15) is 78.6 Å². The van der Waals surface area contributed by atoms with Crippen molar-refractivity contribution >= 4 is 13.4 Å². The Morgan fingerprint density at radius 2 is 1.45 bits per heavy atom. The van der Waals surface area contributed by atoms with Gasteiger partial charge in [0.05, 0.1) is 0 Å². The first-order valence-electron chi connectivity index (χ1n) is 7.89. The van der Waals surface area contributed by atoms with Crippen LogP contribution in [-0.4, -0.2) is 21.7 Å². The van der Waals surface area contributed by atoms with Crippen molar-refractivity contribution in [3.63, 3.8) is 0 Å². The van der Waals surface area contributed by atoms with Crippen molar-refractivity contribution in [2.75, 3.05) is 6.16 Å². The summed E-state index contributed by atoms with van der Waals surface area (Å²) in [5, 5.41) is 0. The Labute approximate surface area is 123 Å². The molecule has 0 amide bonds. The normalized spacial score (nSPS) is 12.7. The van der Waals surface area contributed by atoms with Crippen LogP contribution in [0.4, 0.5) is 0 Å². The lowest BCUT2D eigenvalue weighted by Crippen LogP contribution is -2.32. The average Bonchev–Trinajstić information content (AvgIpc) is 2.36. The number of hydrogen-bond donors (Lipinski definition) is 2. The number of hydrogen-bond acceptors (Lipinski definition) is 2. The molecule has 0 heterocycles. The van der Waals surface area contributed by atoms with Crippen LogP contribution >= 0.6 is 7.60 Å². The molecule has 0 saturated carbocycles. The predicted octanol–water partition coefficient (Wildman–Crippen LogP) is 4.29. The minimum Gasteiger partial charge on any atom is -0.324 e. The lowest BCUT2D eigenvalue weighted by molar-refractivity contribution is -0.127. The highest BCUT2D eigenvalue weighted by Gasteiger charge is 2.37. The summed E-state index contributed by atoms with van der Waals surface area (Å²) in [6.45, 7) is 6.07. The molecule has 0 aromatic rings. The van der Waals surface area contributed by atoms with E-state index in [0.29, 0.717) is 12.8 Å². The molecule has 120 valence electrons. The molecule has 0 radical (unpaired) electrons. The van der Waals surface area contributed by atoms with E-state index in [1.807, 2.05) is 13.8 Å². The molecular weight excluding hydrogens is 275 g/mol. The Morgan fingerprint density at radius 1 is 0.950 bits per heavy atom. The highest BCUT2D eigenvalue weighted by Crippen LogP contribution is 2.41. The van der Waals surface area contributed by atoms with Crippen molar-refractivity contribution in [2.24, 2.45) is 5.41 Å². The van der Waals surface area contributed by atoms with Crippen molar-refractivity contribution in [2.45, 2.75) is 78.6 Å². The number of carbonyl (C=O) groups is 1. The molecule has 0 rings (SSSR count). The number of carbonyl (C=O) groups excluding carboxylic acids is 1. The van der Waals surface area contributed by atoms with Crippen LogP contribution in [0.15, 0.2) is 0 Å². The van der Waals surface area contributed by atoms with Gasteiger partial charge < -0.3 is 9.79 Å². The van der Waals surface area contributed by atoms with Crippen LogP contribution in [0, 0.1) is 5.41 Å². The highest BCUT2D eigenvalue weighted by atomic mass is 31.2. The number of Topliss-reactive ketones (excluding diaryl/α,β-unsaturated/α-hetero) is 1. The first kappa shape index (κ1) is 19.8. The Bertz CT molecular complexity index is 318. The molecule has 0 aromatic heterocycles. The van der Waals surface area contributed by atoms with Crippen molar-refractivity contribution in [3.05, 3.63) is 0 Å². The maximum Gasteiger partial charge on any atom is 0.332 e. The maximum atomic E-state index is 12.2. The van der Waals surface area contributed by atoms with E-state index in [1.54, 1.807) is 0 Å². The molecule has 0 atom stereocenters. The second-order valence-electron chi connectivity index (χ2n) is 5.75. The molecule has 0 aliphatic carbocycles. The van der Waals surface area contributed by atoms with Gasteiger partial charge in [0.15, 0.2) is 5.78 Å². The van der Waals surface area contributed by atoms with E-state index >= 15 is 0 Å². The largest absolute Gasteiger partial charge is 0.332 e. The summed E-state index contributed by atoms with van der Waals surface area (Å²) >= 11 is 0. The van der Waals surface area contributed by atoms with Crippen LogP contribution in [0.3, 0.4) is 0 Å². The van der Waals surface area contributed by atoms with Crippen LogP contribution in [0.25, 0.3) is 0 Å². The molecule has 0 aliphatic rings. The molecule has 0 aromatic carbocycles. The van der Waals surface area contributed by atoms with Crippen LogP contribution < -0.4 is 0 Å². The van der Waals surface area contributed by atoms with E-state index in [4.69, 9.17) is 9.79 Å². The number of rotatable bonds is 12. The first-order valence-corrected chi connectivity index (χ1v) is 9.69. The van der Waals surface area contributed by atoms with Gasteiger partial charge in [-0.1, -0.05) is 59.3 Å². The van der Waals surface area contributed by atoms with Crippen LogP contribution in [0.2, 0.25) is 0 Å². The smallest absolute Gasteiger partial charge is 0.324 e. The van der Waals surface area contributed by atoms with Gasteiger partial charge in [-0.2, -0.15) is 0 Å². The van der Waals surface area contributed by atoms with Crippen LogP contribution in [-0.2, 0) is 9.36 Å². The van der Waals surface area contributed by atoms with Crippen molar-refractivity contribution in [1.29, 1.82) is 0 Å². The molecule has 0 unspecified atom stereocenters. The summed E-state index contributed by atoms with van der Waals surface area (Å²) in [4.78, 5) is 30.2. The van der Waals surface area contributed by atoms with Crippen LogP contribution in [0.5, 0.6) is 0 Å². The Balaban J connectivity index is 4.38. The second-order valence-corrected chi connectivity index (χ2v) is 7.40. The zero-order valence-electron chi connectivity index (χ0n) is 13.2. The third-order valence-corrected chi connectivity index (χ3v) is 5.00. The minimum absolute atomic E-state index is 0.260. The molecule has 0 aliphatic heterocycles. The summed E-state index contributed by atoms with van der Waals surface area (Å²) in [6.07, 6.45) is 8.44. The molecule has 5 heteroatoms. The van der Waals surface area contributed by atoms with Gasteiger partial charge in [0.2, 0.25) is 0 Å². The zero-order chi connectivity index (χ0) is 15.6. The third-order valence-electron chi connectivity index (χ3n) is 4.30. The van der Waals surface area contributed by atoms with Crippen molar-refractivity contribution in [1.82, 2.24) is 0 Å². The van der Waals surface area contributed by atoms with Crippen molar-refractivity contribution < 1.29 is 19.1 Å². The molecule has 2 N–H and O–H groups in total. The van der Waals surface area contributed by atoms with Gasteiger partial charge in [-0.05, 0) is 19.3 Å². The third kappa shape index (κ3) is 7.56. The number of ketones is 1. The fraction of sp³-hybridized carbons (Fsp3) is 0.933. The Hall–Kier alpha value is -0.180. The molecule has 4 nitrogen and oxygen atoms in total. The SMILES string of the molecule is CCCCCCCCC(CC)(CC)C(=O)CP(=O)(O)O. The van der Waals surface area contributed by atoms with E-state index in [0.717, 1.165) is 19.3 Å². The monoisotopic (exact) mass is 306 g/mol. The topological polar surface area (TPSA) is 74.6 Å². The Morgan fingerprint density at radius 3 is 1.90 bits per heavy atom. The molecule has 0 fully saturated rings. The first-order chi connectivity index (χ1) is 9.31. The predicted molar refractivity (Wildman–Crippen MR) is 82.9 cm³/mol.